The average molecular weight is 382 g/mol. The molecular weight excluding hydrogens is 361 g/mol. The van der Waals surface area contributed by atoms with Gasteiger partial charge in [-0.2, -0.15) is 18.4 Å². The van der Waals surface area contributed by atoms with Crippen molar-refractivity contribution in [2.75, 3.05) is 19.7 Å². The molecule has 1 aromatic rings. The molecular formula is C19H21F3N2O3. The lowest BCUT2D eigenvalue weighted by Crippen LogP contribution is -2.49. The fourth-order valence-electron chi connectivity index (χ4n) is 4.06. The number of hydrogen-bond acceptors (Lipinski definition) is 4. The first kappa shape index (κ1) is 19.5. The number of piperidine rings is 1. The van der Waals surface area contributed by atoms with Crippen LogP contribution in [0.25, 0.3) is 0 Å². The lowest BCUT2D eigenvalue weighted by molar-refractivity contribution is -0.215. The second kappa shape index (κ2) is 7.39. The quantitative estimate of drug-likeness (QED) is 0.867. The zero-order chi connectivity index (χ0) is 19.7. The minimum atomic E-state index is -4.78. The Morgan fingerprint density at radius 1 is 1.37 bits per heavy atom. The van der Waals surface area contributed by atoms with Crippen LogP contribution in [-0.4, -0.2) is 48.1 Å². The zero-order valence-corrected chi connectivity index (χ0v) is 14.7. The number of benzene rings is 1. The molecule has 27 heavy (non-hydrogen) atoms. The van der Waals surface area contributed by atoms with E-state index in [0.29, 0.717) is 37.4 Å². The van der Waals surface area contributed by atoms with Crippen molar-refractivity contribution in [2.45, 2.75) is 43.9 Å². The van der Waals surface area contributed by atoms with E-state index in [9.17, 15) is 18.0 Å². The molecule has 1 saturated heterocycles. The number of nitriles is 1. The number of hydrogen-bond donors (Lipinski definition) is 1. The molecule has 0 radical (unpaired) electrons. The van der Waals surface area contributed by atoms with E-state index in [-0.39, 0.29) is 5.41 Å². The number of likely N-dealkylation sites (tertiary alicyclic amines) is 1. The summed E-state index contributed by atoms with van der Waals surface area (Å²) in [5.41, 5.74) is 1.87. The van der Waals surface area contributed by atoms with Crippen molar-refractivity contribution in [3.05, 3.63) is 35.4 Å². The van der Waals surface area contributed by atoms with E-state index in [1.165, 1.54) is 4.90 Å². The average Bonchev–Trinajstić information content (AvgIpc) is 2.63. The van der Waals surface area contributed by atoms with E-state index in [4.69, 9.17) is 10.4 Å². The predicted molar refractivity (Wildman–Crippen MR) is 89.8 cm³/mol. The summed E-state index contributed by atoms with van der Waals surface area (Å²) >= 11 is 0. The third kappa shape index (κ3) is 4.19. The van der Waals surface area contributed by atoms with Gasteiger partial charge in [-0.3, -0.25) is 0 Å². The Morgan fingerprint density at radius 3 is 2.59 bits per heavy atom. The Balaban J connectivity index is 1.51. The van der Waals surface area contributed by atoms with Gasteiger partial charge in [0.25, 0.3) is 0 Å². The molecule has 3 rings (SSSR count). The normalized spacial score (nSPS) is 20.6. The van der Waals surface area contributed by atoms with Gasteiger partial charge in [0.15, 0.2) is 0 Å². The van der Waals surface area contributed by atoms with Crippen molar-refractivity contribution in [3.8, 4) is 6.07 Å². The maximum atomic E-state index is 12.6. The molecule has 2 fully saturated rings. The van der Waals surface area contributed by atoms with Crippen molar-refractivity contribution in [2.24, 2.45) is 5.41 Å². The number of rotatable bonds is 3. The number of carbonyl (C=O) groups excluding carboxylic acids is 1. The van der Waals surface area contributed by atoms with Crippen LogP contribution in [-0.2, 0) is 4.74 Å². The van der Waals surface area contributed by atoms with Crippen LogP contribution >= 0.6 is 0 Å². The van der Waals surface area contributed by atoms with Crippen LogP contribution in [0.3, 0.4) is 0 Å². The number of ether oxygens (including phenoxy) is 1. The summed E-state index contributed by atoms with van der Waals surface area (Å²) in [7, 11) is 0. The Morgan fingerprint density at radius 2 is 2.04 bits per heavy atom. The molecule has 146 valence electrons. The van der Waals surface area contributed by atoms with E-state index >= 15 is 0 Å². The molecule has 1 N–H and O–H groups in total. The van der Waals surface area contributed by atoms with Crippen LogP contribution in [0.2, 0.25) is 0 Å². The van der Waals surface area contributed by atoms with Gasteiger partial charge in [0, 0.05) is 13.1 Å². The second-order valence-electron chi connectivity index (χ2n) is 7.43. The minimum Gasteiger partial charge on any atom is -0.434 e. The van der Waals surface area contributed by atoms with Crippen molar-refractivity contribution >= 4 is 6.09 Å². The highest BCUT2D eigenvalue weighted by Crippen LogP contribution is 2.56. The fraction of sp³-hybridized carbons (Fsp3) is 0.579. The molecule has 1 aliphatic heterocycles. The zero-order valence-electron chi connectivity index (χ0n) is 14.7. The van der Waals surface area contributed by atoms with Crippen LogP contribution in [0.4, 0.5) is 18.0 Å². The van der Waals surface area contributed by atoms with Crippen LogP contribution in [0.1, 0.15) is 42.7 Å². The summed E-state index contributed by atoms with van der Waals surface area (Å²) in [5, 5.41) is 17.8. The van der Waals surface area contributed by atoms with Gasteiger partial charge in [-0.1, -0.05) is 12.1 Å². The minimum absolute atomic E-state index is 0.102. The lowest BCUT2D eigenvalue weighted by atomic mass is 9.56. The number of aliphatic hydroxyl groups is 1. The number of nitrogens with zero attached hydrogens (tertiary/aromatic N) is 2. The largest absolute Gasteiger partial charge is 0.434 e. The van der Waals surface area contributed by atoms with Gasteiger partial charge in [-0.05, 0) is 54.7 Å². The number of carbonyl (C=O) groups is 1. The van der Waals surface area contributed by atoms with E-state index in [0.717, 1.165) is 18.4 Å². The highest BCUT2D eigenvalue weighted by Gasteiger charge is 2.48. The molecule has 1 spiro atoms. The van der Waals surface area contributed by atoms with E-state index in [1.54, 1.807) is 6.07 Å². The molecule has 5 nitrogen and oxygen atoms in total. The number of aliphatic hydroxyl groups excluding tert-OH is 1. The summed E-state index contributed by atoms with van der Waals surface area (Å²) in [4.78, 5) is 13.2. The second-order valence-corrected chi connectivity index (χ2v) is 7.43. The van der Waals surface area contributed by atoms with Crippen LogP contribution in [0.5, 0.6) is 0 Å². The lowest BCUT2D eigenvalue weighted by Gasteiger charge is -2.52. The predicted octanol–water partition coefficient (Wildman–Crippen LogP) is 3.58. The smallest absolute Gasteiger partial charge is 0.427 e. The van der Waals surface area contributed by atoms with Gasteiger partial charge >= 0.3 is 12.3 Å². The molecule has 1 aromatic carbocycles. The van der Waals surface area contributed by atoms with Crippen molar-refractivity contribution in [1.29, 1.82) is 5.26 Å². The van der Waals surface area contributed by atoms with Crippen LogP contribution in [0, 0.1) is 16.7 Å². The number of amides is 1. The maximum Gasteiger partial charge on any atom is 0.427 e. The molecule has 1 aliphatic carbocycles. The van der Waals surface area contributed by atoms with Gasteiger partial charge in [-0.15, -0.1) is 0 Å². The summed E-state index contributed by atoms with van der Waals surface area (Å²) in [6, 6.07) is 9.68. The van der Waals surface area contributed by atoms with Gasteiger partial charge in [0.2, 0.25) is 6.10 Å². The SMILES string of the molecule is N#Cc1cccc(C2CC3(CCN(C(=O)OC(CO)C(F)(F)F)CC3)C2)c1. The highest BCUT2D eigenvalue weighted by atomic mass is 19.4. The number of alkyl halides is 3. The highest BCUT2D eigenvalue weighted by molar-refractivity contribution is 5.68. The third-order valence-corrected chi connectivity index (χ3v) is 5.70. The molecule has 1 atom stereocenters. The summed E-state index contributed by atoms with van der Waals surface area (Å²) in [6.45, 7) is -0.587. The molecule has 1 heterocycles. The Bertz CT molecular complexity index is 728. The summed E-state index contributed by atoms with van der Waals surface area (Å²) in [6.07, 6.45) is -4.96. The molecule has 0 aromatic heterocycles. The van der Waals surface area contributed by atoms with E-state index in [2.05, 4.69) is 10.8 Å². The monoisotopic (exact) mass is 382 g/mol. The Kier molecular flexibility index (Phi) is 5.33. The summed E-state index contributed by atoms with van der Waals surface area (Å²) in [5.74, 6) is 0.376. The Labute approximate surface area is 155 Å². The Hall–Kier alpha value is -2.27. The van der Waals surface area contributed by atoms with E-state index in [1.807, 2.05) is 18.2 Å². The molecule has 1 unspecified atom stereocenters. The first-order valence-electron chi connectivity index (χ1n) is 8.89. The molecule has 1 amide bonds. The standard InChI is InChI=1S/C19H21F3N2O3/c20-19(21,22)16(12-25)27-17(26)24-6-4-18(5-7-24)9-15(10-18)14-3-1-2-13(8-14)11-23/h1-3,8,15-16,25H,4-7,9-10,12H2. The van der Waals surface area contributed by atoms with Gasteiger partial charge < -0.3 is 14.7 Å². The van der Waals surface area contributed by atoms with Crippen molar-refractivity contribution < 1.29 is 27.8 Å². The number of halogens is 3. The summed E-state index contributed by atoms with van der Waals surface area (Å²) < 4.78 is 42.3. The van der Waals surface area contributed by atoms with Crippen LogP contribution in [0.15, 0.2) is 24.3 Å². The molecule has 2 aliphatic rings. The van der Waals surface area contributed by atoms with Gasteiger partial charge in [0.1, 0.15) is 0 Å². The van der Waals surface area contributed by atoms with Gasteiger partial charge in [-0.25, -0.2) is 4.79 Å². The topological polar surface area (TPSA) is 73.6 Å². The van der Waals surface area contributed by atoms with Crippen molar-refractivity contribution in [1.82, 2.24) is 4.90 Å². The van der Waals surface area contributed by atoms with Gasteiger partial charge in [0.05, 0.1) is 18.2 Å². The third-order valence-electron chi connectivity index (χ3n) is 5.70. The first-order chi connectivity index (χ1) is 12.8. The van der Waals surface area contributed by atoms with Crippen LogP contribution < -0.4 is 0 Å². The first-order valence-corrected chi connectivity index (χ1v) is 8.89. The van der Waals surface area contributed by atoms with E-state index < -0.39 is 25.0 Å². The molecule has 0 bridgehead atoms. The fourth-order valence-corrected chi connectivity index (χ4v) is 4.06. The maximum absolute atomic E-state index is 12.6. The molecule has 8 heteroatoms. The van der Waals surface area contributed by atoms with Crippen molar-refractivity contribution in [3.63, 3.8) is 0 Å². The molecule has 1 saturated carbocycles.